The Kier molecular flexibility index (Phi) is 5.65. The third kappa shape index (κ3) is 4.79. The molecule has 0 radical (unpaired) electrons. The van der Waals surface area contributed by atoms with Crippen LogP contribution in [0.5, 0.6) is 0 Å². The van der Waals surface area contributed by atoms with Crippen molar-refractivity contribution in [2.75, 3.05) is 28.6 Å². The predicted octanol–water partition coefficient (Wildman–Crippen LogP) is 2.27. The third-order valence-corrected chi connectivity index (χ3v) is 4.13. The van der Waals surface area contributed by atoms with E-state index < -0.39 is 0 Å². The van der Waals surface area contributed by atoms with E-state index in [0.29, 0.717) is 19.1 Å². The van der Waals surface area contributed by atoms with Gasteiger partial charge in [-0.15, -0.1) is 0 Å². The maximum absolute atomic E-state index is 9.93. The van der Waals surface area contributed by atoms with Gasteiger partial charge >= 0.3 is 0 Å². The van der Waals surface area contributed by atoms with E-state index in [2.05, 4.69) is 50.4 Å². The minimum Gasteiger partial charge on any atom is -0.391 e. The van der Waals surface area contributed by atoms with Crippen LogP contribution in [0.4, 0.5) is 17.5 Å². The van der Waals surface area contributed by atoms with Crippen LogP contribution in [0.2, 0.25) is 0 Å². The quantitative estimate of drug-likeness (QED) is 0.742. The fourth-order valence-corrected chi connectivity index (χ4v) is 3.01. The predicted molar refractivity (Wildman–Crippen MR) is 99.8 cm³/mol. The summed E-state index contributed by atoms with van der Waals surface area (Å²) in [6, 6.07) is 6.22. The molecule has 1 atom stereocenters. The second-order valence-corrected chi connectivity index (χ2v) is 6.67. The first-order valence-electron chi connectivity index (χ1n) is 8.81. The molecule has 0 saturated carbocycles. The molecule has 0 unspecified atom stereocenters. The summed E-state index contributed by atoms with van der Waals surface area (Å²) in [7, 11) is 0. The maximum atomic E-state index is 9.93. The van der Waals surface area contributed by atoms with E-state index in [1.165, 1.54) is 0 Å². The molecule has 1 aliphatic heterocycles. The van der Waals surface area contributed by atoms with Gasteiger partial charge in [0, 0.05) is 43.5 Å². The van der Waals surface area contributed by atoms with Gasteiger partial charge in [-0.2, -0.15) is 0 Å². The highest BCUT2D eigenvalue weighted by Crippen LogP contribution is 2.22. The van der Waals surface area contributed by atoms with Crippen LogP contribution in [-0.2, 0) is 6.54 Å². The topological polar surface area (TPSA) is 86.2 Å². The number of aromatic nitrogens is 3. The van der Waals surface area contributed by atoms with E-state index in [4.69, 9.17) is 0 Å². The Morgan fingerprint density at radius 2 is 2.12 bits per heavy atom. The Morgan fingerprint density at radius 3 is 2.92 bits per heavy atom. The van der Waals surface area contributed by atoms with Crippen molar-refractivity contribution in [3.05, 3.63) is 36.3 Å². The number of rotatable bonds is 6. The summed E-state index contributed by atoms with van der Waals surface area (Å²) in [4.78, 5) is 15.2. The van der Waals surface area contributed by atoms with Crippen LogP contribution in [0.1, 0.15) is 32.3 Å². The van der Waals surface area contributed by atoms with Crippen molar-refractivity contribution in [3.8, 4) is 0 Å². The summed E-state index contributed by atoms with van der Waals surface area (Å²) in [6.07, 6.45) is 4.93. The highest BCUT2D eigenvalue weighted by Gasteiger charge is 2.20. The Balaban J connectivity index is 1.69. The molecule has 0 bridgehead atoms. The Bertz CT molecular complexity index is 693. The lowest BCUT2D eigenvalue weighted by Crippen LogP contribution is -2.39. The van der Waals surface area contributed by atoms with Crippen LogP contribution in [0.3, 0.4) is 0 Å². The number of aliphatic hydroxyl groups is 1. The molecule has 0 amide bonds. The highest BCUT2D eigenvalue weighted by atomic mass is 16.3. The maximum Gasteiger partial charge on any atom is 0.133 e. The summed E-state index contributed by atoms with van der Waals surface area (Å²) in [5.74, 6) is 2.51. The van der Waals surface area contributed by atoms with Gasteiger partial charge in [-0.25, -0.2) is 15.0 Å². The molecule has 1 fully saturated rings. The molecule has 134 valence electrons. The van der Waals surface area contributed by atoms with Crippen LogP contribution in [0, 0.1) is 0 Å². The molecule has 25 heavy (non-hydrogen) atoms. The Labute approximate surface area is 148 Å². The molecule has 1 aliphatic rings. The lowest BCUT2D eigenvalue weighted by atomic mass is 10.1. The highest BCUT2D eigenvalue weighted by molar-refractivity contribution is 5.51. The summed E-state index contributed by atoms with van der Waals surface area (Å²) in [5, 5.41) is 16.5. The molecule has 2 aromatic heterocycles. The Morgan fingerprint density at radius 1 is 1.28 bits per heavy atom. The van der Waals surface area contributed by atoms with E-state index in [0.717, 1.165) is 42.4 Å². The Hall–Kier alpha value is -2.41. The number of nitrogens with zero attached hydrogens (tertiary/aromatic N) is 4. The number of pyridine rings is 1. The lowest BCUT2D eigenvalue weighted by molar-refractivity contribution is 0.154. The zero-order valence-electron chi connectivity index (χ0n) is 14.8. The van der Waals surface area contributed by atoms with Gasteiger partial charge in [-0.3, -0.25) is 0 Å². The van der Waals surface area contributed by atoms with Crippen molar-refractivity contribution < 1.29 is 5.11 Å². The molecule has 2 aromatic rings. The zero-order chi connectivity index (χ0) is 17.6. The standard InChI is InChI=1S/C18H26N6O/c1-13(2)23-17-9-16(21-12-22-17)20-10-14-5-3-7-19-18(14)24-8-4-6-15(25)11-24/h3,5,7,9,12-13,15,25H,4,6,8,10-11H2,1-2H3,(H2,20,21,22,23)/t15-/m1/s1. The van der Waals surface area contributed by atoms with E-state index in [-0.39, 0.29) is 6.10 Å². The lowest BCUT2D eigenvalue weighted by Gasteiger charge is -2.32. The molecule has 7 heteroatoms. The fraction of sp³-hybridized carbons (Fsp3) is 0.500. The number of β-amino-alcohol motifs (C(OH)–C–C–N with tert-alkyl or cyclic N) is 1. The average molecular weight is 342 g/mol. The molecular weight excluding hydrogens is 316 g/mol. The number of hydrogen-bond donors (Lipinski definition) is 3. The van der Waals surface area contributed by atoms with Crippen molar-refractivity contribution in [1.29, 1.82) is 0 Å². The fourth-order valence-electron chi connectivity index (χ4n) is 3.01. The molecule has 0 aromatic carbocycles. The summed E-state index contributed by atoms with van der Waals surface area (Å²) >= 11 is 0. The molecule has 1 saturated heterocycles. The summed E-state index contributed by atoms with van der Waals surface area (Å²) < 4.78 is 0. The van der Waals surface area contributed by atoms with Crippen molar-refractivity contribution in [2.45, 2.75) is 45.4 Å². The van der Waals surface area contributed by atoms with Crippen LogP contribution in [0.15, 0.2) is 30.7 Å². The van der Waals surface area contributed by atoms with Crippen molar-refractivity contribution in [3.63, 3.8) is 0 Å². The van der Waals surface area contributed by atoms with Crippen LogP contribution >= 0.6 is 0 Å². The molecule has 3 N–H and O–H groups in total. The molecule has 3 heterocycles. The van der Waals surface area contributed by atoms with E-state index in [1.54, 1.807) is 12.5 Å². The molecule has 0 spiro atoms. The minimum absolute atomic E-state index is 0.275. The molecule has 0 aliphatic carbocycles. The first kappa shape index (κ1) is 17.4. The van der Waals surface area contributed by atoms with Crippen molar-refractivity contribution in [2.24, 2.45) is 0 Å². The SMILES string of the molecule is CC(C)Nc1cc(NCc2cccnc2N2CCC[C@@H](O)C2)ncn1. The number of aliphatic hydroxyl groups excluding tert-OH is 1. The second-order valence-electron chi connectivity index (χ2n) is 6.67. The van der Waals surface area contributed by atoms with Crippen molar-refractivity contribution >= 4 is 17.5 Å². The number of hydrogen-bond acceptors (Lipinski definition) is 7. The van der Waals surface area contributed by atoms with Crippen LogP contribution < -0.4 is 15.5 Å². The average Bonchev–Trinajstić information content (AvgIpc) is 2.60. The van der Waals surface area contributed by atoms with Crippen LogP contribution in [-0.4, -0.2) is 45.3 Å². The van der Waals surface area contributed by atoms with Gasteiger partial charge in [0.1, 0.15) is 23.8 Å². The van der Waals surface area contributed by atoms with E-state index in [9.17, 15) is 5.11 Å². The smallest absolute Gasteiger partial charge is 0.133 e. The monoisotopic (exact) mass is 342 g/mol. The number of piperidine rings is 1. The first-order valence-corrected chi connectivity index (χ1v) is 8.81. The van der Waals surface area contributed by atoms with Gasteiger partial charge in [0.25, 0.3) is 0 Å². The minimum atomic E-state index is -0.275. The van der Waals surface area contributed by atoms with E-state index in [1.807, 2.05) is 12.1 Å². The summed E-state index contributed by atoms with van der Waals surface area (Å²) in [5.41, 5.74) is 1.09. The van der Waals surface area contributed by atoms with Crippen LogP contribution in [0.25, 0.3) is 0 Å². The summed E-state index contributed by atoms with van der Waals surface area (Å²) in [6.45, 7) is 6.33. The molecule has 7 nitrogen and oxygen atoms in total. The van der Waals surface area contributed by atoms with Gasteiger partial charge in [0.15, 0.2) is 0 Å². The second kappa shape index (κ2) is 8.11. The third-order valence-electron chi connectivity index (χ3n) is 4.13. The normalized spacial score (nSPS) is 17.6. The van der Waals surface area contributed by atoms with E-state index >= 15 is 0 Å². The first-order chi connectivity index (χ1) is 12.1. The van der Waals surface area contributed by atoms with Crippen molar-refractivity contribution in [1.82, 2.24) is 15.0 Å². The molecule has 3 rings (SSSR count). The number of anilines is 3. The van der Waals surface area contributed by atoms with Gasteiger partial charge in [0.05, 0.1) is 6.10 Å². The largest absolute Gasteiger partial charge is 0.391 e. The van der Waals surface area contributed by atoms with Gasteiger partial charge in [-0.05, 0) is 32.8 Å². The zero-order valence-corrected chi connectivity index (χ0v) is 14.8. The van der Waals surface area contributed by atoms with Gasteiger partial charge in [-0.1, -0.05) is 6.07 Å². The molecular formula is C18H26N6O. The number of nitrogens with one attached hydrogen (secondary N) is 2. The van der Waals surface area contributed by atoms with Gasteiger partial charge < -0.3 is 20.6 Å². The van der Waals surface area contributed by atoms with Gasteiger partial charge in [0.2, 0.25) is 0 Å².